The molecule has 33 heavy (non-hydrogen) atoms. The summed E-state index contributed by atoms with van der Waals surface area (Å²) in [6.45, 7) is 2.38. The maximum Gasteiger partial charge on any atom is 0.258 e. The number of amides is 1. The lowest BCUT2D eigenvalue weighted by molar-refractivity contribution is -0.126. The van der Waals surface area contributed by atoms with Crippen LogP contribution in [-0.4, -0.2) is 32.3 Å². The summed E-state index contributed by atoms with van der Waals surface area (Å²) in [6.07, 6.45) is 5.97. The number of hydrogen-bond acceptors (Lipinski definition) is 5. The Morgan fingerprint density at radius 1 is 1.18 bits per heavy atom. The Kier molecular flexibility index (Phi) is 6.54. The SMILES string of the molecule is CCN(Cc1nc2ccccc2c(=O)[nH]1)C(=O)/C=C\c1ccc(Oc2cccnc2)c(F)c1. The van der Waals surface area contributed by atoms with Gasteiger partial charge in [0, 0.05) is 18.8 Å². The Morgan fingerprint density at radius 2 is 2.03 bits per heavy atom. The standard InChI is InChI=1S/C25H21FN4O3/c1-2-30(16-23-28-21-8-4-3-7-19(21)25(32)29-23)24(31)12-10-17-9-11-22(20(26)14-17)33-18-6-5-13-27-15-18/h3-15H,2,16H2,1H3,(H,28,29,32)/b12-10-. The number of fused-ring (bicyclic) bond motifs is 1. The molecule has 0 saturated heterocycles. The molecule has 8 heteroatoms. The first kappa shape index (κ1) is 21.9. The van der Waals surface area contributed by atoms with Crippen LogP contribution in [0.1, 0.15) is 18.3 Å². The summed E-state index contributed by atoms with van der Waals surface area (Å²) in [4.78, 5) is 37.6. The summed E-state index contributed by atoms with van der Waals surface area (Å²) < 4.78 is 19.9. The van der Waals surface area contributed by atoms with E-state index in [1.807, 2.05) is 6.92 Å². The average molecular weight is 444 g/mol. The number of likely N-dealkylation sites (N-methyl/N-ethyl adjacent to an activating group) is 1. The van der Waals surface area contributed by atoms with Crippen molar-refractivity contribution in [2.45, 2.75) is 13.5 Å². The molecule has 0 saturated carbocycles. The summed E-state index contributed by atoms with van der Waals surface area (Å²) in [5.41, 5.74) is 0.825. The number of nitrogens with one attached hydrogen (secondary N) is 1. The van der Waals surface area contributed by atoms with Crippen LogP contribution in [0.2, 0.25) is 0 Å². The van der Waals surface area contributed by atoms with Crippen molar-refractivity contribution in [1.29, 1.82) is 0 Å². The fourth-order valence-electron chi connectivity index (χ4n) is 3.25. The molecule has 1 N–H and O–H groups in total. The molecule has 0 bridgehead atoms. The van der Waals surface area contributed by atoms with Crippen LogP contribution in [0.25, 0.3) is 17.0 Å². The van der Waals surface area contributed by atoms with Crippen molar-refractivity contribution in [3.63, 3.8) is 0 Å². The molecule has 4 aromatic rings. The van der Waals surface area contributed by atoms with Gasteiger partial charge in [-0.25, -0.2) is 9.37 Å². The summed E-state index contributed by atoms with van der Waals surface area (Å²) in [7, 11) is 0. The van der Waals surface area contributed by atoms with E-state index in [1.54, 1.807) is 48.7 Å². The molecular formula is C25H21FN4O3. The third kappa shape index (κ3) is 5.30. The largest absolute Gasteiger partial charge is 0.453 e. The van der Waals surface area contributed by atoms with Crippen molar-refractivity contribution in [3.05, 3.63) is 101 Å². The van der Waals surface area contributed by atoms with Crippen LogP contribution < -0.4 is 10.3 Å². The Balaban J connectivity index is 1.45. The Bertz CT molecular complexity index is 1370. The first-order chi connectivity index (χ1) is 16.0. The van der Waals surface area contributed by atoms with Crippen molar-refractivity contribution >= 4 is 22.9 Å². The summed E-state index contributed by atoms with van der Waals surface area (Å²) >= 11 is 0. The molecule has 1 amide bonds. The lowest BCUT2D eigenvalue weighted by Gasteiger charge is -2.18. The topological polar surface area (TPSA) is 88.2 Å². The zero-order chi connectivity index (χ0) is 23.2. The number of benzene rings is 2. The molecule has 2 aromatic heterocycles. The Labute approximate surface area is 189 Å². The van der Waals surface area contributed by atoms with E-state index < -0.39 is 5.82 Å². The quantitative estimate of drug-likeness (QED) is 0.429. The Hall–Kier alpha value is -4.33. The van der Waals surface area contributed by atoms with Gasteiger partial charge in [-0.2, -0.15) is 0 Å². The predicted octanol–water partition coefficient (Wildman–Crippen LogP) is 4.31. The molecular weight excluding hydrogens is 423 g/mol. The number of halogens is 1. The lowest BCUT2D eigenvalue weighted by atomic mass is 10.2. The van der Waals surface area contributed by atoms with Gasteiger partial charge in [-0.15, -0.1) is 0 Å². The number of aromatic nitrogens is 3. The van der Waals surface area contributed by atoms with Crippen molar-refractivity contribution in [2.75, 3.05) is 6.54 Å². The highest BCUT2D eigenvalue weighted by atomic mass is 19.1. The molecule has 166 valence electrons. The van der Waals surface area contributed by atoms with Crippen LogP contribution in [0, 0.1) is 5.82 Å². The minimum Gasteiger partial charge on any atom is -0.453 e. The molecule has 2 aromatic carbocycles. The molecule has 7 nitrogen and oxygen atoms in total. The number of carbonyl (C=O) groups is 1. The average Bonchev–Trinajstić information content (AvgIpc) is 2.83. The number of H-pyrrole nitrogens is 1. The van der Waals surface area contributed by atoms with E-state index in [0.717, 1.165) is 0 Å². The highest BCUT2D eigenvalue weighted by molar-refractivity contribution is 5.91. The molecule has 0 spiro atoms. The fraction of sp³-hybridized carbons (Fsp3) is 0.120. The van der Waals surface area contributed by atoms with Crippen LogP contribution >= 0.6 is 0 Å². The molecule has 0 aliphatic carbocycles. The number of carbonyl (C=O) groups excluding carboxylic acids is 1. The normalized spacial score (nSPS) is 11.1. The zero-order valence-corrected chi connectivity index (χ0v) is 17.9. The molecule has 2 heterocycles. The minimum atomic E-state index is -0.557. The van der Waals surface area contributed by atoms with E-state index in [4.69, 9.17) is 4.74 Å². The molecule has 0 fully saturated rings. The van der Waals surface area contributed by atoms with Gasteiger partial charge in [0.15, 0.2) is 11.6 Å². The highest BCUT2D eigenvalue weighted by Crippen LogP contribution is 2.25. The number of pyridine rings is 1. The van der Waals surface area contributed by atoms with Gasteiger partial charge in [0.2, 0.25) is 5.91 Å². The van der Waals surface area contributed by atoms with E-state index in [0.29, 0.717) is 34.6 Å². The van der Waals surface area contributed by atoms with Gasteiger partial charge in [0.05, 0.1) is 23.6 Å². The van der Waals surface area contributed by atoms with E-state index in [2.05, 4.69) is 15.0 Å². The van der Waals surface area contributed by atoms with E-state index in [9.17, 15) is 14.0 Å². The van der Waals surface area contributed by atoms with Crippen molar-refractivity contribution < 1.29 is 13.9 Å². The van der Waals surface area contributed by atoms with Gasteiger partial charge in [0.25, 0.3) is 5.56 Å². The van der Waals surface area contributed by atoms with Gasteiger partial charge >= 0.3 is 0 Å². The summed E-state index contributed by atoms with van der Waals surface area (Å²) in [5.74, 6) is 0.0372. The third-order valence-electron chi connectivity index (χ3n) is 4.93. The van der Waals surface area contributed by atoms with Crippen molar-refractivity contribution in [3.8, 4) is 11.5 Å². The van der Waals surface area contributed by atoms with E-state index in [1.165, 1.54) is 35.4 Å². The summed E-state index contributed by atoms with van der Waals surface area (Å²) in [5, 5.41) is 0.494. The summed E-state index contributed by atoms with van der Waals surface area (Å²) in [6, 6.07) is 14.8. The molecule has 4 rings (SSSR count). The lowest BCUT2D eigenvalue weighted by Crippen LogP contribution is -2.30. The van der Waals surface area contributed by atoms with Crippen molar-refractivity contribution in [2.24, 2.45) is 0 Å². The van der Waals surface area contributed by atoms with E-state index >= 15 is 0 Å². The van der Waals surface area contributed by atoms with Crippen LogP contribution in [-0.2, 0) is 11.3 Å². The smallest absolute Gasteiger partial charge is 0.258 e. The number of ether oxygens (including phenoxy) is 1. The minimum absolute atomic E-state index is 0.0630. The van der Waals surface area contributed by atoms with Gasteiger partial charge < -0.3 is 14.6 Å². The number of rotatable bonds is 7. The molecule has 0 atom stereocenters. The first-order valence-corrected chi connectivity index (χ1v) is 10.4. The van der Waals surface area contributed by atoms with Crippen LogP contribution in [0.5, 0.6) is 11.5 Å². The molecule has 0 aliphatic rings. The maximum absolute atomic E-state index is 14.4. The first-order valence-electron chi connectivity index (χ1n) is 10.4. The second-order valence-electron chi connectivity index (χ2n) is 7.20. The number of para-hydroxylation sites is 1. The molecule has 0 aliphatic heterocycles. The fourth-order valence-corrected chi connectivity index (χ4v) is 3.25. The van der Waals surface area contributed by atoms with Gasteiger partial charge in [-0.05, 0) is 55.0 Å². The van der Waals surface area contributed by atoms with Crippen LogP contribution in [0.15, 0.2) is 77.9 Å². The number of nitrogens with zero attached hydrogens (tertiary/aromatic N) is 3. The second kappa shape index (κ2) is 9.86. The number of aromatic amines is 1. The maximum atomic E-state index is 14.4. The van der Waals surface area contributed by atoms with Crippen molar-refractivity contribution in [1.82, 2.24) is 19.9 Å². The highest BCUT2D eigenvalue weighted by Gasteiger charge is 2.12. The van der Waals surface area contributed by atoms with Crippen LogP contribution in [0.4, 0.5) is 4.39 Å². The predicted molar refractivity (Wildman–Crippen MR) is 123 cm³/mol. The second-order valence-corrected chi connectivity index (χ2v) is 7.20. The van der Waals surface area contributed by atoms with E-state index in [-0.39, 0.29) is 23.8 Å². The van der Waals surface area contributed by atoms with Gasteiger partial charge in [-0.1, -0.05) is 18.2 Å². The Morgan fingerprint density at radius 3 is 2.79 bits per heavy atom. The van der Waals surface area contributed by atoms with Crippen LogP contribution in [0.3, 0.4) is 0 Å². The number of hydrogen-bond donors (Lipinski definition) is 1. The molecule has 0 unspecified atom stereocenters. The zero-order valence-electron chi connectivity index (χ0n) is 17.9. The van der Waals surface area contributed by atoms with Gasteiger partial charge in [-0.3, -0.25) is 14.6 Å². The van der Waals surface area contributed by atoms with Gasteiger partial charge in [0.1, 0.15) is 11.6 Å². The molecule has 0 radical (unpaired) electrons. The third-order valence-corrected chi connectivity index (χ3v) is 4.93. The monoisotopic (exact) mass is 444 g/mol.